The van der Waals surface area contributed by atoms with Crippen molar-refractivity contribution >= 4 is 11.3 Å². The average Bonchev–Trinajstić information content (AvgIpc) is 3.55. The Morgan fingerprint density at radius 2 is 1.90 bits per heavy atom. The zero-order chi connectivity index (χ0) is 29.1. The molecule has 0 aromatic carbocycles. The summed E-state index contributed by atoms with van der Waals surface area (Å²) in [6.45, 7) is 14.1. The first-order chi connectivity index (χ1) is 18.7. The molecular formula is C34H59NO3S. The Balaban J connectivity index is 0.000000824. The maximum absolute atomic E-state index is 10.3. The van der Waals surface area contributed by atoms with Gasteiger partial charge < -0.3 is 14.9 Å². The van der Waals surface area contributed by atoms with E-state index in [1.54, 1.807) is 24.6 Å². The molecule has 1 aromatic rings. The standard InChI is InChI=1S/C27H43NO2S.C7H16O/c1-21(10-6-11-22(2)20-30-5)12-8-16-27(4)17-9-14-24(27)23(3)13-7-15-25(29)26-28-18-19-31-26;1-3-5-7(8)6-4-2/h6,10-12,18-19,23-25,29H,7-9,13-17,20H2,1-5H3;7-8H,3-6H2,1-2H3/b10-6-,21-12+,22-11?;/t23-,24?,25?,27?;/m1./s1. The Labute approximate surface area is 244 Å². The minimum Gasteiger partial charge on any atom is -0.393 e. The summed E-state index contributed by atoms with van der Waals surface area (Å²) in [4.78, 5) is 4.25. The molecule has 1 saturated carbocycles. The van der Waals surface area contributed by atoms with E-state index in [0.717, 1.165) is 61.8 Å². The van der Waals surface area contributed by atoms with Gasteiger partial charge in [-0.3, -0.25) is 0 Å². The van der Waals surface area contributed by atoms with Crippen LogP contribution in [-0.2, 0) is 4.74 Å². The summed E-state index contributed by atoms with van der Waals surface area (Å²) in [5.41, 5.74) is 3.02. The van der Waals surface area contributed by atoms with Crippen LogP contribution in [0.4, 0.5) is 0 Å². The lowest BCUT2D eigenvalue weighted by atomic mass is 9.69. The minimum atomic E-state index is -0.392. The lowest BCUT2D eigenvalue weighted by Crippen LogP contribution is -2.27. The van der Waals surface area contributed by atoms with Crippen LogP contribution in [0.25, 0.3) is 0 Å². The molecule has 0 radical (unpaired) electrons. The first kappa shape index (κ1) is 35.8. The number of nitrogens with zero attached hydrogens (tertiary/aromatic N) is 1. The van der Waals surface area contributed by atoms with Crippen molar-refractivity contribution in [2.24, 2.45) is 17.3 Å². The molecule has 4 atom stereocenters. The topological polar surface area (TPSA) is 62.6 Å². The predicted molar refractivity (Wildman–Crippen MR) is 169 cm³/mol. The summed E-state index contributed by atoms with van der Waals surface area (Å²) in [5.74, 6) is 1.52. The maximum Gasteiger partial charge on any atom is 0.121 e. The molecule has 0 spiro atoms. The number of rotatable bonds is 17. The molecule has 2 rings (SSSR count). The van der Waals surface area contributed by atoms with E-state index in [2.05, 4.69) is 70.8 Å². The molecule has 0 aliphatic heterocycles. The molecule has 1 aliphatic carbocycles. The van der Waals surface area contributed by atoms with E-state index in [0.29, 0.717) is 12.0 Å². The second kappa shape index (κ2) is 20.6. The van der Waals surface area contributed by atoms with Gasteiger partial charge in [0.2, 0.25) is 0 Å². The van der Waals surface area contributed by atoms with E-state index in [9.17, 15) is 5.11 Å². The molecule has 39 heavy (non-hydrogen) atoms. The van der Waals surface area contributed by atoms with Crippen LogP contribution in [0.5, 0.6) is 0 Å². The summed E-state index contributed by atoms with van der Waals surface area (Å²) in [5, 5.41) is 22.2. The van der Waals surface area contributed by atoms with Gasteiger partial charge in [-0.15, -0.1) is 11.3 Å². The average molecular weight is 562 g/mol. The Morgan fingerprint density at radius 1 is 1.18 bits per heavy atom. The molecule has 1 aromatic heterocycles. The number of aliphatic hydroxyl groups is 2. The molecule has 0 bridgehead atoms. The SMILES string of the molecule is CCCC(O)CCC.COCC(C)=C/C=C\C(C)=C\CCC1(C)CCCC1[C@H](C)CCCC(O)c1nccs1. The monoisotopic (exact) mass is 561 g/mol. The lowest BCUT2D eigenvalue weighted by Gasteiger charge is -2.36. The third-order valence-electron chi connectivity index (χ3n) is 8.26. The second-order valence-corrected chi connectivity index (χ2v) is 12.9. The molecule has 1 fully saturated rings. The fraction of sp³-hybridized carbons (Fsp3) is 0.735. The van der Waals surface area contributed by atoms with Crippen LogP contribution in [0.15, 0.2) is 47.0 Å². The lowest BCUT2D eigenvalue weighted by molar-refractivity contribution is 0.131. The first-order valence-corrected chi connectivity index (χ1v) is 16.3. The third-order valence-corrected chi connectivity index (χ3v) is 9.13. The Hall–Kier alpha value is -1.27. The number of aromatic nitrogens is 1. The van der Waals surface area contributed by atoms with Crippen LogP contribution in [0.2, 0.25) is 0 Å². The van der Waals surface area contributed by atoms with Gasteiger partial charge >= 0.3 is 0 Å². The van der Waals surface area contributed by atoms with Crippen molar-refractivity contribution in [3.8, 4) is 0 Å². The van der Waals surface area contributed by atoms with E-state index in [1.807, 2.05) is 5.38 Å². The highest BCUT2D eigenvalue weighted by molar-refractivity contribution is 7.09. The smallest absolute Gasteiger partial charge is 0.121 e. The highest BCUT2D eigenvalue weighted by atomic mass is 32.1. The van der Waals surface area contributed by atoms with E-state index in [4.69, 9.17) is 9.84 Å². The van der Waals surface area contributed by atoms with E-state index < -0.39 is 6.10 Å². The molecule has 1 heterocycles. The van der Waals surface area contributed by atoms with Gasteiger partial charge in [-0.1, -0.05) is 89.7 Å². The van der Waals surface area contributed by atoms with E-state index in [-0.39, 0.29) is 6.10 Å². The Morgan fingerprint density at radius 3 is 2.51 bits per heavy atom. The number of aliphatic hydroxyl groups excluding tert-OH is 2. The molecule has 224 valence electrons. The largest absolute Gasteiger partial charge is 0.393 e. The van der Waals surface area contributed by atoms with Crippen molar-refractivity contribution in [2.75, 3.05) is 13.7 Å². The van der Waals surface area contributed by atoms with Gasteiger partial charge in [-0.2, -0.15) is 0 Å². The number of thiazole rings is 1. The van der Waals surface area contributed by atoms with Crippen LogP contribution in [0.1, 0.15) is 130 Å². The van der Waals surface area contributed by atoms with Crippen molar-refractivity contribution in [1.29, 1.82) is 0 Å². The highest BCUT2D eigenvalue weighted by Crippen LogP contribution is 2.51. The minimum absolute atomic E-state index is 0.0370. The quantitative estimate of drug-likeness (QED) is 0.186. The molecule has 4 nitrogen and oxygen atoms in total. The van der Waals surface area contributed by atoms with Gasteiger partial charge in [0.05, 0.1) is 12.7 Å². The predicted octanol–water partition coefficient (Wildman–Crippen LogP) is 9.61. The Bertz CT molecular complexity index is 826. The number of hydrogen-bond acceptors (Lipinski definition) is 5. The summed E-state index contributed by atoms with van der Waals surface area (Å²) in [6.07, 6.45) is 23.9. The van der Waals surface area contributed by atoms with Crippen molar-refractivity contribution < 1.29 is 14.9 Å². The number of methoxy groups -OCH3 is 1. The summed E-state index contributed by atoms with van der Waals surface area (Å²) in [7, 11) is 1.73. The molecule has 0 saturated heterocycles. The third kappa shape index (κ3) is 14.8. The highest BCUT2D eigenvalue weighted by Gasteiger charge is 2.40. The molecular weight excluding hydrogens is 502 g/mol. The van der Waals surface area contributed by atoms with Crippen molar-refractivity contribution in [3.05, 3.63) is 52.0 Å². The van der Waals surface area contributed by atoms with Gasteiger partial charge in [0.15, 0.2) is 0 Å². The normalized spacial score (nSPS) is 21.8. The van der Waals surface area contributed by atoms with Gasteiger partial charge in [-0.05, 0) is 81.6 Å². The number of ether oxygens (including phenoxy) is 1. The van der Waals surface area contributed by atoms with Gasteiger partial charge in [-0.25, -0.2) is 4.98 Å². The number of allylic oxidation sites excluding steroid dienone is 5. The van der Waals surface area contributed by atoms with Crippen LogP contribution in [0, 0.1) is 17.3 Å². The van der Waals surface area contributed by atoms with Crippen molar-refractivity contribution in [3.63, 3.8) is 0 Å². The zero-order valence-corrected chi connectivity index (χ0v) is 26.9. The van der Waals surface area contributed by atoms with Crippen molar-refractivity contribution in [2.45, 2.75) is 131 Å². The van der Waals surface area contributed by atoms with Gasteiger partial charge in [0, 0.05) is 18.7 Å². The van der Waals surface area contributed by atoms with Crippen LogP contribution >= 0.6 is 11.3 Å². The van der Waals surface area contributed by atoms with Gasteiger partial charge in [0.25, 0.3) is 0 Å². The van der Waals surface area contributed by atoms with Crippen molar-refractivity contribution in [1.82, 2.24) is 4.98 Å². The fourth-order valence-corrected chi connectivity index (χ4v) is 6.70. The molecule has 5 heteroatoms. The molecule has 2 N–H and O–H groups in total. The van der Waals surface area contributed by atoms with Crippen LogP contribution in [-0.4, -0.2) is 35.0 Å². The van der Waals surface area contributed by atoms with Crippen LogP contribution in [0.3, 0.4) is 0 Å². The molecule has 1 aliphatic rings. The van der Waals surface area contributed by atoms with E-state index in [1.165, 1.54) is 43.3 Å². The Kier molecular flexibility index (Phi) is 18.9. The molecule has 0 amide bonds. The summed E-state index contributed by atoms with van der Waals surface area (Å²) >= 11 is 1.55. The summed E-state index contributed by atoms with van der Waals surface area (Å²) in [6, 6.07) is 0. The second-order valence-electron chi connectivity index (χ2n) is 12.0. The summed E-state index contributed by atoms with van der Waals surface area (Å²) < 4.78 is 5.14. The zero-order valence-electron chi connectivity index (χ0n) is 26.1. The fourth-order valence-electron chi connectivity index (χ4n) is 6.05. The first-order valence-electron chi connectivity index (χ1n) is 15.4. The van der Waals surface area contributed by atoms with Crippen LogP contribution < -0.4 is 0 Å². The van der Waals surface area contributed by atoms with E-state index >= 15 is 0 Å². The molecule has 3 unspecified atom stereocenters. The maximum atomic E-state index is 10.3. The van der Waals surface area contributed by atoms with Gasteiger partial charge in [0.1, 0.15) is 11.1 Å². The number of hydrogen-bond donors (Lipinski definition) is 2.